The molecule has 0 fully saturated rings. The molecule has 3 nitrogen and oxygen atoms in total. The van der Waals surface area contributed by atoms with Gasteiger partial charge in [-0.1, -0.05) is 36.8 Å². The van der Waals surface area contributed by atoms with Gasteiger partial charge in [0.15, 0.2) is 0 Å². The number of aliphatic carboxylic acids is 1. The molecule has 0 heterocycles. The topological polar surface area (TPSA) is 63.3 Å². The summed E-state index contributed by atoms with van der Waals surface area (Å²) in [6, 6.07) is 7.30. The van der Waals surface area contributed by atoms with Crippen LogP contribution >= 0.6 is 0 Å². The lowest BCUT2D eigenvalue weighted by atomic mass is 9.93. The minimum absolute atomic E-state index is 0.177. The highest BCUT2D eigenvalue weighted by atomic mass is 16.4. The number of nitrogens with two attached hydrogens (primary N) is 1. The van der Waals surface area contributed by atoms with E-state index in [1.807, 2.05) is 32.0 Å². The zero-order valence-corrected chi connectivity index (χ0v) is 9.10. The van der Waals surface area contributed by atoms with Crippen LogP contribution in [0, 0.1) is 6.92 Å². The second-order valence-electron chi connectivity index (χ2n) is 4.00. The van der Waals surface area contributed by atoms with E-state index in [2.05, 4.69) is 6.07 Å². The van der Waals surface area contributed by atoms with Crippen LogP contribution in [-0.2, 0) is 4.79 Å². The van der Waals surface area contributed by atoms with Crippen LogP contribution in [0.15, 0.2) is 24.3 Å². The van der Waals surface area contributed by atoms with Gasteiger partial charge in [-0.15, -0.1) is 0 Å². The van der Waals surface area contributed by atoms with Crippen LogP contribution < -0.4 is 5.73 Å². The zero-order valence-electron chi connectivity index (χ0n) is 9.10. The average Bonchev–Trinajstić information content (AvgIpc) is 2.17. The minimum Gasteiger partial charge on any atom is -0.480 e. The Hall–Kier alpha value is -1.35. The number of hydrogen-bond acceptors (Lipinski definition) is 2. The van der Waals surface area contributed by atoms with Gasteiger partial charge in [0.25, 0.3) is 0 Å². The first-order valence-electron chi connectivity index (χ1n) is 5.05. The lowest BCUT2D eigenvalue weighted by Crippen LogP contribution is -2.31. The summed E-state index contributed by atoms with van der Waals surface area (Å²) in [4.78, 5) is 10.6. The number of rotatable bonds is 4. The SMILES string of the molecule is Cc1cccc(C(C)CC(N)C(=O)O)c1. The van der Waals surface area contributed by atoms with Gasteiger partial charge in [-0.2, -0.15) is 0 Å². The Kier molecular flexibility index (Phi) is 3.86. The number of aryl methyl sites for hydroxylation is 1. The fourth-order valence-electron chi connectivity index (χ4n) is 1.59. The van der Waals surface area contributed by atoms with Crippen molar-refractivity contribution in [1.29, 1.82) is 0 Å². The second-order valence-corrected chi connectivity index (χ2v) is 4.00. The average molecular weight is 207 g/mol. The molecule has 3 heteroatoms. The first-order valence-corrected chi connectivity index (χ1v) is 5.05. The van der Waals surface area contributed by atoms with Crippen LogP contribution in [0.1, 0.15) is 30.4 Å². The van der Waals surface area contributed by atoms with Crippen molar-refractivity contribution in [3.63, 3.8) is 0 Å². The summed E-state index contributed by atoms with van der Waals surface area (Å²) in [5.41, 5.74) is 7.82. The van der Waals surface area contributed by atoms with E-state index in [0.717, 1.165) is 5.56 Å². The molecule has 0 saturated heterocycles. The molecule has 2 unspecified atom stereocenters. The molecule has 0 radical (unpaired) electrons. The van der Waals surface area contributed by atoms with E-state index in [9.17, 15) is 4.79 Å². The summed E-state index contributed by atoms with van der Waals surface area (Å²) in [6.07, 6.45) is 0.471. The molecular formula is C12H17NO2. The van der Waals surface area contributed by atoms with Gasteiger partial charge in [0, 0.05) is 0 Å². The van der Waals surface area contributed by atoms with Crippen molar-refractivity contribution >= 4 is 5.97 Å². The van der Waals surface area contributed by atoms with E-state index in [0.29, 0.717) is 6.42 Å². The summed E-state index contributed by atoms with van der Waals surface area (Å²) >= 11 is 0. The Bertz CT molecular complexity index is 349. The van der Waals surface area contributed by atoms with Gasteiger partial charge in [-0.05, 0) is 24.8 Å². The van der Waals surface area contributed by atoms with Crippen molar-refractivity contribution in [2.24, 2.45) is 5.73 Å². The van der Waals surface area contributed by atoms with Crippen molar-refractivity contribution in [3.8, 4) is 0 Å². The van der Waals surface area contributed by atoms with Crippen LogP contribution in [0.25, 0.3) is 0 Å². The molecule has 3 N–H and O–H groups in total. The molecule has 0 spiro atoms. The molecule has 82 valence electrons. The third-order valence-corrected chi connectivity index (χ3v) is 2.54. The molecule has 2 atom stereocenters. The van der Waals surface area contributed by atoms with E-state index in [4.69, 9.17) is 10.8 Å². The Morgan fingerprint density at radius 3 is 2.73 bits per heavy atom. The van der Waals surface area contributed by atoms with Crippen LogP contribution in [0.2, 0.25) is 0 Å². The molecule has 0 aliphatic rings. The molecule has 1 aromatic carbocycles. The largest absolute Gasteiger partial charge is 0.480 e. The first kappa shape index (κ1) is 11.7. The molecule has 1 rings (SSSR count). The predicted octanol–water partition coefficient (Wildman–Crippen LogP) is 1.90. The number of benzene rings is 1. The Morgan fingerprint density at radius 2 is 2.20 bits per heavy atom. The minimum atomic E-state index is -0.936. The fraction of sp³-hybridized carbons (Fsp3) is 0.417. The number of hydrogen-bond donors (Lipinski definition) is 2. The maximum atomic E-state index is 10.6. The molecule has 15 heavy (non-hydrogen) atoms. The van der Waals surface area contributed by atoms with Gasteiger partial charge in [0.1, 0.15) is 6.04 Å². The van der Waals surface area contributed by atoms with Gasteiger partial charge in [0.05, 0.1) is 0 Å². The molecule has 0 aromatic heterocycles. The summed E-state index contributed by atoms with van der Waals surface area (Å²) in [6.45, 7) is 4.02. The predicted molar refractivity (Wildman–Crippen MR) is 59.8 cm³/mol. The zero-order chi connectivity index (χ0) is 11.4. The quantitative estimate of drug-likeness (QED) is 0.792. The van der Waals surface area contributed by atoms with Crippen molar-refractivity contribution in [2.45, 2.75) is 32.2 Å². The molecule has 0 aliphatic heterocycles. The van der Waals surface area contributed by atoms with Gasteiger partial charge >= 0.3 is 5.97 Å². The number of carbonyl (C=O) groups is 1. The first-order chi connectivity index (χ1) is 7.00. The standard InChI is InChI=1S/C12H17NO2/c1-8-4-3-5-10(6-8)9(2)7-11(13)12(14)15/h3-6,9,11H,7,13H2,1-2H3,(H,14,15). The maximum absolute atomic E-state index is 10.6. The Balaban J connectivity index is 2.68. The van der Waals surface area contributed by atoms with Gasteiger partial charge < -0.3 is 10.8 Å². The van der Waals surface area contributed by atoms with E-state index in [1.165, 1.54) is 5.56 Å². The number of carboxylic acid groups (broad SMARTS) is 1. The highest BCUT2D eigenvalue weighted by Gasteiger charge is 2.16. The third kappa shape index (κ3) is 3.36. The monoisotopic (exact) mass is 207 g/mol. The van der Waals surface area contributed by atoms with Gasteiger partial charge in [-0.3, -0.25) is 4.79 Å². The van der Waals surface area contributed by atoms with Crippen LogP contribution in [-0.4, -0.2) is 17.1 Å². The normalized spacial score (nSPS) is 14.6. The fourth-order valence-corrected chi connectivity index (χ4v) is 1.59. The summed E-state index contributed by atoms with van der Waals surface area (Å²) in [5, 5.41) is 8.71. The van der Waals surface area contributed by atoms with Crippen LogP contribution in [0.5, 0.6) is 0 Å². The van der Waals surface area contributed by atoms with Crippen LogP contribution in [0.3, 0.4) is 0 Å². The van der Waals surface area contributed by atoms with E-state index < -0.39 is 12.0 Å². The molecule has 0 saturated carbocycles. The summed E-state index contributed by atoms with van der Waals surface area (Å²) in [5.74, 6) is -0.759. The third-order valence-electron chi connectivity index (χ3n) is 2.54. The highest BCUT2D eigenvalue weighted by Crippen LogP contribution is 2.20. The number of carboxylic acids is 1. The molecule has 0 bridgehead atoms. The van der Waals surface area contributed by atoms with E-state index in [1.54, 1.807) is 0 Å². The highest BCUT2D eigenvalue weighted by molar-refractivity contribution is 5.73. The second kappa shape index (κ2) is 4.94. The summed E-state index contributed by atoms with van der Waals surface area (Å²) < 4.78 is 0. The lowest BCUT2D eigenvalue weighted by Gasteiger charge is -2.14. The molecule has 0 amide bonds. The van der Waals surface area contributed by atoms with Gasteiger partial charge in [-0.25, -0.2) is 0 Å². The van der Waals surface area contributed by atoms with E-state index in [-0.39, 0.29) is 5.92 Å². The Morgan fingerprint density at radius 1 is 1.53 bits per heavy atom. The molecule has 0 aliphatic carbocycles. The van der Waals surface area contributed by atoms with Crippen molar-refractivity contribution in [3.05, 3.63) is 35.4 Å². The van der Waals surface area contributed by atoms with E-state index >= 15 is 0 Å². The summed E-state index contributed by atoms with van der Waals surface area (Å²) in [7, 11) is 0. The molecule has 1 aromatic rings. The Labute approximate surface area is 89.9 Å². The van der Waals surface area contributed by atoms with Crippen molar-refractivity contribution < 1.29 is 9.90 Å². The smallest absolute Gasteiger partial charge is 0.320 e. The molecular weight excluding hydrogens is 190 g/mol. The van der Waals surface area contributed by atoms with Gasteiger partial charge in [0.2, 0.25) is 0 Å². The lowest BCUT2D eigenvalue weighted by molar-refractivity contribution is -0.138. The van der Waals surface area contributed by atoms with Crippen molar-refractivity contribution in [1.82, 2.24) is 0 Å². The maximum Gasteiger partial charge on any atom is 0.320 e. The van der Waals surface area contributed by atoms with Crippen LogP contribution in [0.4, 0.5) is 0 Å². The van der Waals surface area contributed by atoms with Crippen molar-refractivity contribution in [2.75, 3.05) is 0 Å².